The van der Waals surface area contributed by atoms with E-state index in [0.29, 0.717) is 24.5 Å². The average molecular weight is 408 g/mol. The van der Waals surface area contributed by atoms with Crippen LogP contribution in [-0.4, -0.2) is 48.1 Å². The number of carbonyl (C=O) groups is 2. The monoisotopic (exact) mass is 407 g/mol. The smallest absolute Gasteiger partial charge is 0.233 e. The fourth-order valence-electron chi connectivity index (χ4n) is 2.79. The van der Waals surface area contributed by atoms with Crippen molar-refractivity contribution in [3.05, 3.63) is 29.8 Å². The number of nitrogens with zero attached hydrogens (tertiary/aromatic N) is 1. The number of carbonyl (C=O) groups excluding carboxylic acids is 2. The van der Waals surface area contributed by atoms with Gasteiger partial charge in [-0.3, -0.25) is 9.59 Å². The summed E-state index contributed by atoms with van der Waals surface area (Å²) in [4.78, 5) is 26.4. The zero-order chi connectivity index (χ0) is 18.2. The highest BCUT2D eigenvalue weighted by Gasteiger charge is 2.26. The molecule has 1 fully saturated rings. The molecule has 2 amide bonds. The van der Waals surface area contributed by atoms with Crippen LogP contribution in [0.25, 0.3) is 0 Å². The Hall–Kier alpha value is -1.38. The van der Waals surface area contributed by atoms with E-state index in [0.717, 1.165) is 31.4 Å². The third-order valence-corrected chi connectivity index (χ3v) is 5.09. The minimum Gasteiger partial charge on any atom is -0.354 e. The molecular formula is C17H24ClF2N3O2S. The summed E-state index contributed by atoms with van der Waals surface area (Å²) in [5.74, 6) is -1.85. The number of thioether (sulfide) groups is 1. The van der Waals surface area contributed by atoms with Gasteiger partial charge in [0.15, 0.2) is 11.6 Å². The van der Waals surface area contributed by atoms with Gasteiger partial charge in [-0.1, -0.05) is 0 Å². The molecule has 1 aliphatic heterocycles. The number of piperidine rings is 1. The normalized spacial score (nSPS) is 16.7. The highest BCUT2D eigenvalue weighted by Crippen LogP contribution is 2.23. The maximum Gasteiger partial charge on any atom is 0.233 e. The number of hydrogen-bond donors (Lipinski definition) is 2. The Kier molecular flexibility index (Phi) is 9.90. The summed E-state index contributed by atoms with van der Waals surface area (Å²) in [7, 11) is 0. The molecule has 3 N–H and O–H groups in total. The van der Waals surface area contributed by atoms with Crippen molar-refractivity contribution >= 4 is 36.0 Å². The summed E-state index contributed by atoms with van der Waals surface area (Å²) in [6.07, 6.45) is 3.05. The predicted octanol–water partition coefficient (Wildman–Crippen LogP) is 2.32. The number of rotatable bonds is 7. The number of amides is 2. The molecule has 2 rings (SSSR count). The highest BCUT2D eigenvalue weighted by atomic mass is 35.5. The molecule has 0 aliphatic carbocycles. The molecule has 0 bridgehead atoms. The summed E-state index contributed by atoms with van der Waals surface area (Å²) in [5.41, 5.74) is 5.35. The van der Waals surface area contributed by atoms with Gasteiger partial charge < -0.3 is 16.0 Å². The second-order valence-electron chi connectivity index (χ2n) is 5.94. The van der Waals surface area contributed by atoms with Gasteiger partial charge in [0.1, 0.15) is 0 Å². The first-order valence-electron chi connectivity index (χ1n) is 8.35. The molecule has 1 aliphatic rings. The maximum atomic E-state index is 13.2. The van der Waals surface area contributed by atoms with Crippen LogP contribution in [0.2, 0.25) is 0 Å². The first-order valence-corrected chi connectivity index (χ1v) is 9.34. The number of halogens is 3. The van der Waals surface area contributed by atoms with E-state index in [-0.39, 0.29) is 42.4 Å². The van der Waals surface area contributed by atoms with E-state index in [1.54, 1.807) is 4.90 Å². The molecule has 1 aromatic rings. The molecule has 0 spiro atoms. The van der Waals surface area contributed by atoms with Crippen LogP contribution in [0.5, 0.6) is 0 Å². The third kappa shape index (κ3) is 6.74. The van der Waals surface area contributed by atoms with Crippen molar-refractivity contribution in [1.82, 2.24) is 10.2 Å². The number of nitrogens with one attached hydrogen (secondary N) is 1. The van der Waals surface area contributed by atoms with Crippen LogP contribution in [0, 0.1) is 11.6 Å². The predicted molar refractivity (Wildman–Crippen MR) is 100 cm³/mol. The first kappa shape index (κ1) is 22.7. The number of benzene rings is 1. The molecule has 0 saturated carbocycles. The van der Waals surface area contributed by atoms with Gasteiger partial charge in [-0.15, -0.1) is 24.2 Å². The molecule has 146 valence electrons. The lowest BCUT2D eigenvalue weighted by Gasteiger charge is -2.36. The molecule has 26 heavy (non-hydrogen) atoms. The molecular weight excluding hydrogens is 384 g/mol. The van der Waals surface area contributed by atoms with Gasteiger partial charge in [-0.05, 0) is 37.5 Å². The fraction of sp³-hybridized carbons (Fsp3) is 0.529. The summed E-state index contributed by atoms with van der Waals surface area (Å²) < 4.78 is 26.2. The average Bonchev–Trinajstić information content (AvgIpc) is 2.61. The van der Waals surface area contributed by atoms with E-state index in [2.05, 4.69) is 5.32 Å². The van der Waals surface area contributed by atoms with Crippen molar-refractivity contribution < 1.29 is 18.4 Å². The second-order valence-corrected chi connectivity index (χ2v) is 6.99. The van der Waals surface area contributed by atoms with Gasteiger partial charge in [-0.25, -0.2) is 8.78 Å². The zero-order valence-electron chi connectivity index (χ0n) is 14.4. The zero-order valence-corrected chi connectivity index (χ0v) is 16.0. The summed E-state index contributed by atoms with van der Waals surface area (Å²) in [5, 5.41) is 2.81. The van der Waals surface area contributed by atoms with E-state index in [1.807, 2.05) is 0 Å². The number of nitrogens with two attached hydrogens (primary N) is 1. The largest absolute Gasteiger partial charge is 0.354 e. The van der Waals surface area contributed by atoms with Crippen LogP contribution in [0.3, 0.4) is 0 Å². The molecule has 0 radical (unpaired) electrons. The summed E-state index contributed by atoms with van der Waals surface area (Å²) >= 11 is 1.18. The quantitative estimate of drug-likeness (QED) is 0.680. The van der Waals surface area contributed by atoms with Crippen LogP contribution in [0.4, 0.5) is 8.78 Å². The molecule has 1 atom stereocenters. The van der Waals surface area contributed by atoms with E-state index in [4.69, 9.17) is 5.73 Å². The molecule has 0 aromatic heterocycles. The number of likely N-dealkylation sites (tertiary alicyclic amines) is 1. The van der Waals surface area contributed by atoms with Crippen LogP contribution in [0.15, 0.2) is 23.1 Å². The van der Waals surface area contributed by atoms with Crippen molar-refractivity contribution in [2.45, 2.75) is 36.6 Å². The SMILES string of the molecule is Cl.NCCC(=O)NCC1CCCCN1C(=O)CSc1ccc(F)c(F)c1. The maximum absolute atomic E-state index is 13.2. The summed E-state index contributed by atoms with van der Waals surface area (Å²) in [6.45, 7) is 1.36. The summed E-state index contributed by atoms with van der Waals surface area (Å²) in [6, 6.07) is 3.57. The van der Waals surface area contributed by atoms with Gasteiger partial charge in [-0.2, -0.15) is 0 Å². The van der Waals surface area contributed by atoms with Crippen molar-refractivity contribution in [1.29, 1.82) is 0 Å². The van der Waals surface area contributed by atoms with E-state index in [1.165, 1.54) is 17.8 Å². The Morgan fingerprint density at radius 3 is 2.73 bits per heavy atom. The van der Waals surface area contributed by atoms with Gasteiger partial charge in [0.25, 0.3) is 0 Å². The molecule has 1 saturated heterocycles. The van der Waals surface area contributed by atoms with Crippen LogP contribution >= 0.6 is 24.2 Å². The topological polar surface area (TPSA) is 75.4 Å². The molecule has 1 aromatic carbocycles. The lowest BCUT2D eigenvalue weighted by molar-refractivity contribution is -0.132. The lowest BCUT2D eigenvalue weighted by atomic mass is 10.0. The Bertz CT molecular complexity index is 622. The standard InChI is InChI=1S/C17H23F2N3O2S.ClH/c18-14-5-4-13(9-15(14)19)25-11-17(24)22-8-2-1-3-12(22)10-21-16(23)6-7-20;/h4-5,9,12H,1-3,6-8,10-11,20H2,(H,21,23);1H. The second kappa shape index (κ2) is 11.4. The van der Waals surface area contributed by atoms with Crippen LogP contribution < -0.4 is 11.1 Å². The minimum atomic E-state index is -0.920. The van der Waals surface area contributed by atoms with Gasteiger partial charge >= 0.3 is 0 Å². The fourth-order valence-corrected chi connectivity index (χ4v) is 3.59. The van der Waals surface area contributed by atoms with Crippen molar-refractivity contribution in [3.63, 3.8) is 0 Å². The third-order valence-electron chi connectivity index (χ3n) is 4.11. The molecule has 1 heterocycles. The Labute approximate surface area is 162 Å². The Morgan fingerprint density at radius 2 is 2.04 bits per heavy atom. The van der Waals surface area contributed by atoms with Crippen LogP contribution in [-0.2, 0) is 9.59 Å². The van der Waals surface area contributed by atoms with Crippen molar-refractivity contribution in [2.24, 2.45) is 5.73 Å². The van der Waals surface area contributed by atoms with E-state index >= 15 is 0 Å². The van der Waals surface area contributed by atoms with Crippen molar-refractivity contribution in [3.8, 4) is 0 Å². The van der Waals surface area contributed by atoms with Gasteiger partial charge in [0.2, 0.25) is 11.8 Å². The van der Waals surface area contributed by atoms with E-state index < -0.39 is 11.6 Å². The van der Waals surface area contributed by atoms with E-state index in [9.17, 15) is 18.4 Å². The van der Waals surface area contributed by atoms with Crippen LogP contribution in [0.1, 0.15) is 25.7 Å². The van der Waals surface area contributed by atoms with Gasteiger partial charge in [0.05, 0.1) is 5.75 Å². The first-order chi connectivity index (χ1) is 12.0. The van der Waals surface area contributed by atoms with Crippen molar-refractivity contribution in [2.75, 3.05) is 25.4 Å². The lowest BCUT2D eigenvalue weighted by Crippen LogP contribution is -2.50. The highest BCUT2D eigenvalue weighted by molar-refractivity contribution is 8.00. The minimum absolute atomic E-state index is 0. The molecule has 9 heteroatoms. The Morgan fingerprint density at radius 1 is 1.27 bits per heavy atom. The number of hydrogen-bond acceptors (Lipinski definition) is 4. The Balaban J connectivity index is 0.00000338. The molecule has 5 nitrogen and oxygen atoms in total. The van der Waals surface area contributed by atoms with Gasteiger partial charge in [0, 0.05) is 37.0 Å². The molecule has 1 unspecified atom stereocenters.